The second-order valence-electron chi connectivity index (χ2n) is 6.42. The third kappa shape index (κ3) is 7.62. The maximum Gasteiger partial charge on any atom is 0.251 e. The summed E-state index contributed by atoms with van der Waals surface area (Å²) in [6.45, 7) is 5.86. The first-order valence-corrected chi connectivity index (χ1v) is 9.40. The number of hydrogen-bond donors (Lipinski definition) is 2. The fraction of sp³-hybridized carbons (Fsp3) is 0.364. The first-order valence-electron chi connectivity index (χ1n) is 9.40. The van der Waals surface area contributed by atoms with Crippen molar-refractivity contribution in [2.24, 2.45) is 0 Å². The highest BCUT2D eigenvalue weighted by Crippen LogP contribution is 2.12. The highest BCUT2D eigenvalue weighted by molar-refractivity contribution is 5.97. The van der Waals surface area contributed by atoms with Crippen LogP contribution < -0.4 is 10.6 Å². The van der Waals surface area contributed by atoms with Crippen LogP contribution in [0.2, 0.25) is 0 Å². The summed E-state index contributed by atoms with van der Waals surface area (Å²) in [4.78, 5) is 24.4. The standard InChI is InChI=1S/C22H28N2O3/c1-3-27-14-6-13-23-22(26)19-9-5-10-20(16-19)24-21(25)12-11-18-8-4-7-17(2)15-18/h4-5,7-10,15-16H,3,6,11-14H2,1-2H3,(H,23,26)(H,24,25). The van der Waals surface area contributed by atoms with Gasteiger partial charge in [0.2, 0.25) is 5.91 Å². The van der Waals surface area contributed by atoms with Crippen LogP contribution in [0.5, 0.6) is 0 Å². The van der Waals surface area contributed by atoms with Crippen LogP contribution in [0.4, 0.5) is 5.69 Å². The minimum atomic E-state index is -0.151. The number of aryl methyl sites for hydroxylation is 2. The molecule has 0 saturated heterocycles. The second kappa shape index (κ2) is 11.1. The Bertz CT molecular complexity index is 759. The van der Waals surface area contributed by atoms with E-state index in [1.54, 1.807) is 24.3 Å². The van der Waals surface area contributed by atoms with Crippen molar-refractivity contribution in [1.82, 2.24) is 5.32 Å². The molecule has 2 aromatic rings. The van der Waals surface area contributed by atoms with Crippen LogP contribution in [-0.2, 0) is 16.0 Å². The first-order chi connectivity index (χ1) is 13.1. The number of anilines is 1. The monoisotopic (exact) mass is 368 g/mol. The molecule has 0 aliphatic rings. The van der Waals surface area contributed by atoms with Crippen molar-refractivity contribution in [3.63, 3.8) is 0 Å². The lowest BCUT2D eigenvalue weighted by Crippen LogP contribution is -2.25. The predicted octanol–water partition coefficient (Wildman–Crippen LogP) is 3.72. The Balaban J connectivity index is 1.81. The van der Waals surface area contributed by atoms with E-state index < -0.39 is 0 Å². The van der Waals surface area contributed by atoms with E-state index in [2.05, 4.69) is 16.7 Å². The van der Waals surface area contributed by atoms with Crippen LogP contribution >= 0.6 is 0 Å². The maximum absolute atomic E-state index is 12.2. The fourth-order valence-electron chi connectivity index (χ4n) is 2.71. The summed E-state index contributed by atoms with van der Waals surface area (Å²) in [6.07, 6.45) is 1.86. The zero-order chi connectivity index (χ0) is 19.5. The predicted molar refractivity (Wildman–Crippen MR) is 108 cm³/mol. The van der Waals surface area contributed by atoms with E-state index in [-0.39, 0.29) is 11.8 Å². The molecule has 0 bridgehead atoms. The lowest BCUT2D eigenvalue weighted by molar-refractivity contribution is -0.116. The van der Waals surface area contributed by atoms with Gasteiger partial charge in [-0.3, -0.25) is 9.59 Å². The van der Waals surface area contributed by atoms with Gasteiger partial charge >= 0.3 is 0 Å². The molecule has 2 amide bonds. The SMILES string of the molecule is CCOCCCNC(=O)c1cccc(NC(=O)CCc2cccc(C)c2)c1. The minimum Gasteiger partial charge on any atom is -0.382 e. The molecule has 144 valence electrons. The molecule has 0 saturated carbocycles. The quantitative estimate of drug-likeness (QED) is 0.628. The molecular weight excluding hydrogens is 340 g/mol. The zero-order valence-electron chi connectivity index (χ0n) is 16.1. The lowest BCUT2D eigenvalue weighted by Gasteiger charge is -2.09. The minimum absolute atomic E-state index is 0.0641. The Labute approximate surface area is 161 Å². The van der Waals surface area contributed by atoms with Crippen LogP contribution in [0, 0.1) is 6.92 Å². The van der Waals surface area contributed by atoms with E-state index >= 15 is 0 Å². The van der Waals surface area contributed by atoms with Crippen molar-refractivity contribution in [3.05, 3.63) is 65.2 Å². The fourth-order valence-corrected chi connectivity index (χ4v) is 2.71. The topological polar surface area (TPSA) is 67.4 Å². The van der Waals surface area contributed by atoms with Crippen LogP contribution in [0.15, 0.2) is 48.5 Å². The van der Waals surface area contributed by atoms with Crippen LogP contribution in [0.3, 0.4) is 0 Å². The Kier molecular flexibility index (Phi) is 8.52. The van der Waals surface area contributed by atoms with Crippen molar-refractivity contribution in [1.29, 1.82) is 0 Å². The molecule has 0 spiro atoms. The summed E-state index contributed by atoms with van der Waals surface area (Å²) < 4.78 is 5.25. The molecule has 0 aliphatic heterocycles. The highest BCUT2D eigenvalue weighted by atomic mass is 16.5. The normalized spacial score (nSPS) is 10.4. The Morgan fingerprint density at radius 1 is 1.07 bits per heavy atom. The zero-order valence-corrected chi connectivity index (χ0v) is 16.1. The summed E-state index contributed by atoms with van der Waals surface area (Å²) in [6, 6.07) is 15.1. The average molecular weight is 368 g/mol. The van der Waals surface area contributed by atoms with Crippen molar-refractivity contribution in [2.75, 3.05) is 25.1 Å². The van der Waals surface area contributed by atoms with Gasteiger partial charge in [0.25, 0.3) is 5.91 Å². The second-order valence-corrected chi connectivity index (χ2v) is 6.42. The molecule has 0 aromatic heterocycles. The van der Waals surface area contributed by atoms with Crippen LogP contribution in [-0.4, -0.2) is 31.6 Å². The summed E-state index contributed by atoms with van der Waals surface area (Å²) in [5, 5.41) is 5.73. The third-order valence-corrected chi connectivity index (χ3v) is 4.09. The molecule has 0 atom stereocenters. The van der Waals surface area contributed by atoms with Crippen molar-refractivity contribution in [2.45, 2.75) is 33.1 Å². The van der Waals surface area contributed by atoms with Crippen LogP contribution in [0.1, 0.15) is 41.3 Å². The molecule has 0 radical (unpaired) electrons. The summed E-state index contributed by atoms with van der Waals surface area (Å²) >= 11 is 0. The van der Waals surface area contributed by atoms with Gasteiger partial charge in [-0.1, -0.05) is 35.9 Å². The molecule has 2 N–H and O–H groups in total. The number of amides is 2. The molecule has 0 aliphatic carbocycles. The van der Waals surface area contributed by atoms with Gasteiger partial charge in [-0.05, 0) is 50.5 Å². The first kappa shape index (κ1) is 20.6. The summed E-state index contributed by atoms with van der Waals surface area (Å²) in [7, 11) is 0. The van der Waals surface area contributed by atoms with E-state index in [1.165, 1.54) is 5.56 Å². The van der Waals surface area contributed by atoms with Gasteiger partial charge in [-0.25, -0.2) is 0 Å². The molecule has 5 nitrogen and oxygen atoms in total. The van der Waals surface area contributed by atoms with Crippen molar-refractivity contribution < 1.29 is 14.3 Å². The van der Waals surface area contributed by atoms with E-state index in [0.717, 1.165) is 12.0 Å². The molecule has 2 aromatic carbocycles. The van der Waals surface area contributed by atoms with Gasteiger partial charge in [0.1, 0.15) is 0 Å². The van der Waals surface area contributed by atoms with Gasteiger partial charge in [0, 0.05) is 37.4 Å². The Morgan fingerprint density at radius 3 is 2.67 bits per heavy atom. The molecule has 2 rings (SSSR count). The lowest BCUT2D eigenvalue weighted by atomic mass is 10.1. The van der Waals surface area contributed by atoms with Gasteiger partial charge in [0.05, 0.1) is 0 Å². The Morgan fingerprint density at radius 2 is 1.89 bits per heavy atom. The number of carbonyl (C=O) groups is 2. The Hall–Kier alpha value is -2.66. The van der Waals surface area contributed by atoms with E-state index in [9.17, 15) is 9.59 Å². The van der Waals surface area contributed by atoms with E-state index in [4.69, 9.17) is 4.74 Å². The number of hydrogen-bond acceptors (Lipinski definition) is 3. The summed E-state index contributed by atoms with van der Waals surface area (Å²) in [5.74, 6) is -0.215. The molecular formula is C22H28N2O3. The van der Waals surface area contributed by atoms with Gasteiger partial charge < -0.3 is 15.4 Å². The van der Waals surface area contributed by atoms with Gasteiger partial charge in [-0.2, -0.15) is 0 Å². The average Bonchev–Trinajstić information content (AvgIpc) is 2.66. The van der Waals surface area contributed by atoms with Gasteiger partial charge in [-0.15, -0.1) is 0 Å². The molecule has 5 heteroatoms. The number of nitrogens with one attached hydrogen (secondary N) is 2. The largest absolute Gasteiger partial charge is 0.382 e. The van der Waals surface area contributed by atoms with Crippen LogP contribution in [0.25, 0.3) is 0 Å². The number of carbonyl (C=O) groups excluding carboxylic acids is 2. The van der Waals surface area contributed by atoms with Crippen molar-refractivity contribution >= 4 is 17.5 Å². The third-order valence-electron chi connectivity index (χ3n) is 4.09. The molecule has 27 heavy (non-hydrogen) atoms. The maximum atomic E-state index is 12.2. The number of rotatable bonds is 10. The molecule has 0 fully saturated rings. The number of benzene rings is 2. The smallest absolute Gasteiger partial charge is 0.251 e. The van der Waals surface area contributed by atoms with Gasteiger partial charge in [0.15, 0.2) is 0 Å². The number of ether oxygens (including phenoxy) is 1. The molecule has 0 unspecified atom stereocenters. The molecule has 0 heterocycles. The summed E-state index contributed by atoms with van der Waals surface area (Å²) in [5.41, 5.74) is 3.49. The van der Waals surface area contributed by atoms with E-state index in [1.807, 2.05) is 32.0 Å². The highest BCUT2D eigenvalue weighted by Gasteiger charge is 2.08. The van der Waals surface area contributed by atoms with Crippen molar-refractivity contribution in [3.8, 4) is 0 Å². The van der Waals surface area contributed by atoms with E-state index in [0.29, 0.717) is 43.9 Å².